The molecule has 2 aromatic rings. The van der Waals surface area contributed by atoms with Crippen LogP contribution in [0, 0.1) is 5.92 Å². The molecule has 1 aromatic heterocycles. The molecular weight excluding hydrogens is 267 g/mol. The number of benzene rings is 1. The third-order valence-corrected chi connectivity index (χ3v) is 3.19. The van der Waals surface area contributed by atoms with Crippen molar-refractivity contribution in [2.24, 2.45) is 13.0 Å². The average Bonchev–Trinajstić information content (AvgIpc) is 2.65. The van der Waals surface area contributed by atoms with Gasteiger partial charge in [-0.15, -0.1) is 0 Å². The highest BCUT2D eigenvalue weighted by Gasteiger charge is 2.26. The molecule has 0 aliphatic carbocycles. The molecule has 1 unspecified atom stereocenters. The summed E-state index contributed by atoms with van der Waals surface area (Å²) in [6, 6.07) is 7.87. The van der Waals surface area contributed by atoms with Crippen LogP contribution in [-0.2, 0) is 13.5 Å². The number of nitrogens with one attached hydrogen (secondary N) is 1. The molecule has 0 saturated carbocycles. The Labute approximate surface area is 115 Å². The van der Waals surface area contributed by atoms with Crippen LogP contribution in [0.2, 0.25) is 0 Å². The number of aryl methyl sites for hydroxylation is 1. The monoisotopic (exact) mass is 285 g/mol. The van der Waals surface area contributed by atoms with Gasteiger partial charge in [0.05, 0.1) is 17.8 Å². The second-order valence-electron chi connectivity index (χ2n) is 5.14. The molecule has 1 heterocycles. The fourth-order valence-electron chi connectivity index (χ4n) is 2.30. The minimum Gasteiger partial charge on any atom is -0.308 e. The lowest BCUT2D eigenvalue weighted by Gasteiger charge is -2.13. The zero-order valence-electron chi connectivity index (χ0n) is 11.5. The van der Waals surface area contributed by atoms with Crippen LogP contribution in [0.1, 0.15) is 12.6 Å². The summed E-state index contributed by atoms with van der Waals surface area (Å²) in [6.45, 7) is 1.30. The summed E-state index contributed by atoms with van der Waals surface area (Å²) in [7, 11) is 1.87. The van der Waals surface area contributed by atoms with E-state index in [9.17, 15) is 13.2 Å². The molecule has 1 aromatic carbocycles. The highest BCUT2D eigenvalue weighted by atomic mass is 19.4. The van der Waals surface area contributed by atoms with Crippen LogP contribution in [0.3, 0.4) is 0 Å². The van der Waals surface area contributed by atoms with E-state index in [1.165, 1.54) is 0 Å². The van der Waals surface area contributed by atoms with Crippen LogP contribution in [-0.4, -0.2) is 29.0 Å². The van der Waals surface area contributed by atoms with Gasteiger partial charge >= 0.3 is 6.18 Å². The van der Waals surface area contributed by atoms with Crippen LogP contribution in [0.25, 0.3) is 10.9 Å². The van der Waals surface area contributed by atoms with E-state index in [0.717, 1.165) is 16.6 Å². The molecule has 0 fully saturated rings. The predicted octanol–water partition coefficient (Wildman–Crippen LogP) is 2.90. The van der Waals surface area contributed by atoms with E-state index in [2.05, 4.69) is 10.4 Å². The summed E-state index contributed by atoms with van der Waals surface area (Å²) in [4.78, 5) is 0. The third kappa shape index (κ3) is 3.72. The van der Waals surface area contributed by atoms with Gasteiger partial charge in [0.25, 0.3) is 0 Å². The fourth-order valence-corrected chi connectivity index (χ4v) is 2.30. The maximum Gasteiger partial charge on any atom is 0.401 e. The zero-order chi connectivity index (χ0) is 14.8. The quantitative estimate of drug-likeness (QED) is 0.915. The number of alkyl halides is 3. The number of nitrogens with zero attached hydrogens (tertiary/aromatic N) is 2. The molecule has 0 aliphatic heterocycles. The number of halogens is 3. The number of aromatic nitrogens is 2. The molecule has 1 N–H and O–H groups in total. The van der Waals surface area contributed by atoms with Crippen LogP contribution >= 0.6 is 0 Å². The molecule has 0 spiro atoms. The second kappa shape index (κ2) is 5.83. The Morgan fingerprint density at radius 1 is 1.30 bits per heavy atom. The van der Waals surface area contributed by atoms with E-state index in [0.29, 0.717) is 13.0 Å². The number of para-hydroxylation sites is 1. The first-order valence-electron chi connectivity index (χ1n) is 6.55. The lowest BCUT2D eigenvalue weighted by Crippen LogP contribution is -2.32. The number of fused-ring (bicyclic) bond motifs is 1. The van der Waals surface area contributed by atoms with Crippen molar-refractivity contribution in [2.45, 2.75) is 19.5 Å². The predicted molar refractivity (Wildman–Crippen MR) is 72.5 cm³/mol. The maximum absolute atomic E-state index is 12.1. The smallest absolute Gasteiger partial charge is 0.308 e. The van der Waals surface area contributed by atoms with Crippen molar-refractivity contribution in [3.63, 3.8) is 0 Å². The van der Waals surface area contributed by atoms with Gasteiger partial charge in [0.15, 0.2) is 0 Å². The molecule has 1 atom stereocenters. The van der Waals surface area contributed by atoms with E-state index in [1.54, 1.807) is 4.68 Å². The second-order valence-corrected chi connectivity index (χ2v) is 5.14. The highest BCUT2D eigenvalue weighted by Crippen LogP contribution is 2.20. The van der Waals surface area contributed by atoms with Crippen LogP contribution < -0.4 is 5.32 Å². The average molecular weight is 285 g/mol. The summed E-state index contributed by atoms with van der Waals surface area (Å²) in [6.07, 6.45) is -3.50. The lowest BCUT2D eigenvalue weighted by molar-refractivity contribution is -0.125. The molecule has 110 valence electrons. The number of rotatable bonds is 5. The Morgan fingerprint density at radius 3 is 2.70 bits per heavy atom. The van der Waals surface area contributed by atoms with Gasteiger partial charge in [-0.1, -0.05) is 25.1 Å². The summed E-state index contributed by atoms with van der Waals surface area (Å²) in [5.41, 5.74) is 1.97. The Hall–Kier alpha value is -1.56. The van der Waals surface area contributed by atoms with Crippen molar-refractivity contribution in [1.29, 1.82) is 0 Å². The molecular formula is C14H18F3N3. The van der Waals surface area contributed by atoms with Crippen LogP contribution in [0.15, 0.2) is 24.3 Å². The van der Waals surface area contributed by atoms with Crippen molar-refractivity contribution in [3.8, 4) is 0 Å². The number of hydrogen-bond acceptors (Lipinski definition) is 2. The maximum atomic E-state index is 12.1. The van der Waals surface area contributed by atoms with Gasteiger partial charge in [0.1, 0.15) is 0 Å². The highest BCUT2D eigenvalue weighted by molar-refractivity contribution is 5.81. The Morgan fingerprint density at radius 2 is 2.00 bits per heavy atom. The molecule has 0 radical (unpaired) electrons. The minimum atomic E-state index is -4.16. The largest absolute Gasteiger partial charge is 0.401 e. The molecule has 0 aliphatic rings. The fraction of sp³-hybridized carbons (Fsp3) is 0.500. The lowest BCUT2D eigenvalue weighted by atomic mass is 10.0. The number of hydrogen-bond donors (Lipinski definition) is 1. The van der Waals surface area contributed by atoms with Gasteiger partial charge in [-0.25, -0.2) is 0 Å². The molecule has 0 amide bonds. The Bertz CT molecular complexity index is 575. The third-order valence-electron chi connectivity index (χ3n) is 3.19. The van der Waals surface area contributed by atoms with Gasteiger partial charge in [-0.05, 0) is 24.9 Å². The van der Waals surface area contributed by atoms with Crippen molar-refractivity contribution in [2.75, 3.05) is 13.1 Å². The Balaban J connectivity index is 1.98. The SMILES string of the molecule is CC(CNCC(F)(F)F)Cc1nn(C)c2ccccc12. The summed E-state index contributed by atoms with van der Waals surface area (Å²) in [5.74, 6) is 0.0932. The van der Waals surface area contributed by atoms with Gasteiger partial charge < -0.3 is 5.32 Å². The molecule has 6 heteroatoms. The first kappa shape index (κ1) is 14.8. The van der Waals surface area contributed by atoms with E-state index in [1.807, 2.05) is 38.2 Å². The molecule has 20 heavy (non-hydrogen) atoms. The first-order valence-corrected chi connectivity index (χ1v) is 6.55. The normalized spacial score (nSPS) is 13.8. The zero-order valence-corrected chi connectivity index (χ0v) is 11.5. The van der Waals surface area contributed by atoms with Gasteiger partial charge in [-0.2, -0.15) is 18.3 Å². The van der Waals surface area contributed by atoms with Gasteiger partial charge in [-0.3, -0.25) is 4.68 Å². The molecule has 0 bridgehead atoms. The molecule has 0 saturated heterocycles. The standard InChI is InChI=1S/C14H18F3N3/c1-10(8-18-9-14(15,16)17)7-12-11-5-3-4-6-13(11)20(2)19-12/h3-6,10,18H,7-9H2,1-2H3. The summed E-state index contributed by atoms with van der Waals surface area (Å²) in [5, 5.41) is 7.96. The first-order chi connectivity index (χ1) is 9.37. The van der Waals surface area contributed by atoms with Gasteiger partial charge in [0, 0.05) is 12.4 Å². The van der Waals surface area contributed by atoms with Crippen molar-refractivity contribution < 1.29 is 13.2 Å². The van der Waals surface area contributed by atoms with Gasteiger partial charge in [0.2, 0.25) is 0 Å². The topological polar surface area (TPSA) is 29.9 Å². The van der Waals surface area contributed by atoms with Crippen LogP contribution in [0.5, 0.6) is 0 Å². The van der Waals surface area contributed by atoms with E-state index < -0.39 is 12.7 Å². The van der Waals surface area contributed by atoms with Crippen molar-refractivity contribution in [3.05, 3.63) is 30.0 Å². The van der Waals surface area contributed by atoms with E-state index >= 15 is 0 Å². The van der Waals surface area contributed by atoms with Crippen LogP contribution in [0.4, 0.5) is 13.2 Å². The van der Waals surface area contributed by atoms with Crippen molar-refractivity contribution >= 4 is 10.9 Å². The van der Waals surface area contributed by atoms with Crippen molar-refractivity contribution in [1.82, 2.24) is 15.1 Å². The molecule has 3 nitrogen and oxygen atoms in total. The Kier molecular flexibility index (Phi) is 4.32. The summed E-state index contributed by atoms with van der Waals surface area (Å²) >= 11 is 0. The van der Waals surface area contributed by atoms with E-state index in [4.69, 9.17) is 0 Å². The summed E-state index contributed by atoms with van der Waals surface area (Å²) < 4.78 is 38.0. The minimum absolute atomic E-state index is 0.0932. The van der Waals surface area contributed by atoms with E-state index in [-0.39, 0.29) is 5.92 Å². The molecule has 2 rings (SSSR count).